The van der Waals surface area contributed by atoms with E-state index in [-0.39, 0.29) is 11.9 Å². The number of carbonyl (C=O) groups excluding carboxylic acids is 2. The first-order valence-electron chi connectivity index (χ1n) is 8.85. The Morgan fingerprint density at radius 2 is 1.88 bits per heavy atom. The van der Waals surface area contributed by atoms with E-state index < -0.39 is 0 Å². The van der Waals surface area contributed by atoms with Crippen molar-refractivity contribution >= 4 is 23.1 Å². The average molecular weight is 344 g/mol. The van der Waals surface area contributed by atoms with Crippen LogP contribution in [0.4, 0.5) is 0 Å². The van der Waals surface area contributed by atoms with Gasteiger partial charge in [-0.3, -0.25) is 9.59 Å². The molecule has 1 aliphatic rings. The fraction of sp³-hybridized carbons (Fsp3) is 0.182. The summed E-state index contributed by atoms with van der Waals surface area (Å²) in [6.45, 7) is 0.669. The Kier molecular flexibility index (Phi) is 4.40. The van der Waals surface area contributed by atoms with Crippen molar-refractivity contribution in [3.63, 3.8) is 0 Å². The van der Waals surface area contributed by atoms with Gasteiger partial charge in [0.2, 0.25) is 0 Å². The van der Waals surface area contributed by atoms with E-state index in [1.165, 1.54) is 17.0 Å². The molecule has 1 amide bonds. The van der Waals surface area contributed by atoms with E-state index in [1.807, 2.05) is 53.4 Å². The molecule has 1 aliphatic heterocycles. The van der Waals surface area contributed by atoms with Crippen molar-refractivity contribution in [1.29, 1.82) is 0 Å². The maximum atomic E-state index is 13.1. The van der Waals surface area contributed by atoms with Crippen LogP contribution in [0, 0.1) is 0 Å². The van der Waals surface area contributed by atoms with Crippen LogP contribution in [0.15, 0.2) is 66.7 Å². The third kappa shape index (κ3) is 2.84. The Morgan fingerprint density at radius 3 is 2.69 bits per heavy atom. The lowest BCUT2D eigenvalue weighted by Crippen LogP contribution is -2.40. The Hall–Kier alpha value is -3.14. The molecule has 2 heterocycles. The number of rotatable bonds is 4. The van der Waals surface area contributed by atoms with E-state index in [2.05, 4.69) is 17.1 Å². The maximum Gasteiger partial charge on any atom is 0.254 e. The molecule has 2 aromatic carbocycles. The van der Waals surface area contributed by atoms with Crippen LogP contribution in [0.25, 0.3) is 10.9 Å². The molecule has 0 saturated heterocycles. The topological polar surface area (TPSA) is 53.2 Å². The zero-order valence-corrected chi connectivity index (χ0v) is 14.4. The minimum atomic E-state index is -0.102. The normalized spacial score (nSPS) is 16.8. The lowest BCUT2D eigenvalue weighted by molar-refractivity contribution is -0.104. The lowest BCUT2D eigenvalue weighted by Gasteiger charge is -2.35. The number of allylic oxidation sites excluding steroid dienone is 1. The summed E-state index contributed by atoms with van der Waals surface area (Å²) in [5.41, 5.74) is 4.15. The second-order valence-corrected chi connectivity index (χ2v) is 6.49. The number of para-hydroxylation sites is 1. The Morgan fingerprint density at radius 1 is 1.12 bits per heavy atom. The quantitative estimate of drug-likeness (QED) is 0.573. The molecule has 0 spiro atoms. The van der Waals surface area contributed by atoms with E-state index in [0.717, 1.165) is 23.9 Å². The highest BCUT2D eigenvalue weighted by molar-refractivity contribution is 5.95. The number of nitrogens with zero attached hydrogens (tertiary/aromatic N) is 1. The van der Waals surface area contributed by atoms with Crippen LogP contribution in [-0.4, -0.2) is 28.6 Å². The maximum absolute atomic E-state index is 13.1. The van der Waals surface area contributed by atoms with Crippen molar-refractivity contribution in [2.75, 3.05) is 6.54 Å². The summed E-state index contributed by atoms with van der Waals surface area (Å²) in [7, 11) is 0. The fourth-order valence-corrected chi connectivity index (χ4v) is 3.82. The number of hydrogen-bond acceptors (Lipinski definition) is 2. The zero-order chi connectivity index (χ0) is 17.9. The first-order chi connectivity index (χ1) is 12.8. The number of hydrogen-bond donors (Lipinski definition) is 1. The number of carbonyl (C=O) groups is 2. The van der Waals surface area contributed by atoms with Gasteiger partial charge in [-0.05, 0) is 42.7 Å². The van der Waals surface area contributed by atoms with Gasteiger partial charge in [0.1, 0.15) is 6.29 Å². The van der Waals surface area contributed by atoms with Crippen molar-refractivity contribution in [2.45, 2.75) is 18.9 Å². The van der Waals surface area contributed by atoms with Gasteiger partial charge in [0.25, 0.3) is 5.91 Å². The molecule has 3 aromatic rings. The Labute approximate surface area is 152 Å². The van der Waals surface area contributed by atoms with Crippen molar-refractivity contribution in [3.8, 4) is 0 Å². The van der Waals surface area contributed by atoms with Crippen LogP contribution in [0.1, 0.15) is 34.1 Å². The Bertz CT molecular complexity index is 972. The number of aromatic amines is 1. The number of benzene rings is 2. The molecule has 0 fully saturated rings. The highest BCUT2D eigenvalue weighted by Gasteiger charge is 2.32. The summed E-state index contributed by atoms with van der Waals surface area (Å²) in [6, 6.07) is 17.5. The monoisotopic (exact) mass is 344 g/mol. The van der Waals surface area contributed by atoms with Gasteiger partial charge in [-0.25, -0.2) is 0 Å². The number of aldehydes is 1. The number of nitrogens with one attached hydrogen (secondary N) is 1. The smallest absolute Gasteiger partial charge is 0.254 e. The number of fused-ring (bicyclic) bond motifs is 3. The van der Waals surface area contributed by atoms with E-state index in [0.29, 0.717) is 18.5 Å². The molecule has 26 heavy (non-hydrogen) atoms. The molecular formula is C22H20N2O2. The van der Waals surface area contributed by atoms with E-state index in [1.54, 1.807) is 0 Å². The van der Waals surface area contributed by atoms with Gasteiger partial charge >= 0.3 is 0 Å². The molecule has 0 radical (unpaired) electrons. The van der Waals surface area contributed by atoms with Gasteiger partial charge in [-0.1, -0.05) is 42.5 Å². The molecule has 0 saturated carbocycles. The van der Waals surface area contributed by atoms with E-state index >= 15 is 0 Å². The summed E-state index contributed by atoms with van der Waals surface area (Å²) >= 11 is 0. The zero-order valence-electron chi connectivity index (χ0n) is 14.4. The number of H-pyrrole nitrogens is 1. The van der Waals surface area contributed by atoms with Gasteiger partial charge in [-0.2, -0.15) is 0 Å². The minimum absolute atomic E-state index is 0.0272. The predicted molar refractivity (Wildman–Crippen MR) is 102 cm³/mol. The van der Waals surface area contributed by atoms with Crippen LogP contribution in [-0.2, 0) is 11.2 Å². The molecule has 4 nitrogen and oxygen atoms in total. The highest BCUT2D eigenvalue weighted by Crippen LogP contribution is 2.37. The molecule has 1 N–H and O–H groups in total. The standard InChI is InChI=1S/C22H20N2O2/c25-15-7-6-12-20-21-18(17-10-4-5-11-19(17)23-21)13-14-24(20)22(26)16-8-2-1-3-9-16/h1-11,15,20,23H,12-14H2/b7-6+. The summed E-state index contributed by atoms with van der Waals surface area (Å²) in [4.78, 5) is 29.2. The lowest BCUT2D eigenvalue weighted by atomic mass is 9.94. The Balaban J connectivity index is 1.76. The fourth-order valence-electron chi connectivity index (χ4n) is 3.82. The number of aromatic nitrogens is 1. The molecule has 4 rings (SSSR count). The summed E-state index contributed by atoms with van der Waals surface area (Å²) < 4.78 is 0. The second-order valence-electron chi connectivity index (χ2n) is 6.49. The second kappa shape index (κ2) is 7.00. The van der Waals surface area contributed by atoms with E-state index in [4.69, 9.17) is 0 Å². The molecule has 0 aliphatic carbocycles. The first-order valence-corrected chi connectivity index (χ1v) is 8.85. The molecule has 130 valence electrons. The molecule has 1 atom stereocenters. The molecule has 0 bridgehead atoms. The van der Waals surface area contributed by atoms with Gasteiger partial charge < -0.3 is 9.88 Å². The molecule has 1 unspecified atom stereocenters. The van der Waals surface area contributed by atoms with Crippen LogP contribution in [0.2, 0.25) is 0 Å². The van der Waals surface area contributed by atoms with Crippen LogP contribution in [0.3, 0.4) is 0 Å². The van der Waals surface area contributed by atoms with Crippen molar-refractivity contribution in [3.05, 3.63) is 83.6 Å². The van der Waals surface area contributed by atoms with Crippen LogP contribution < -0.4 is 0 Å². The molecule has 4 heteroatoms. The van der Waals surface area contributed by atoms with Crippen molar-refractivity contribution < 1.29 is 9.59 Å². The van der Waals surface area contributed by atoms with Crippen LogP contribution in [0.5, 0.6) is 0 Å². The SMILES string of the molecule is O=C/C=C/CC1c2[nH]c3ccccc3c2CCN1C(=O)c1ccccc1. The summed E-state index contributed by atoms with van der Waals surface area (Å²) in [6.07, 6.45) is 5.55. The third-order valence-corrected chi connectivity index (χ3v) is 5.01. The minimum Gasteiger partial charge on any atom is -0.356 e. The van der Waals surface area contributed by atoms with Crippen molar-refractivity contribution in [1.82, 2.24) is 9.88 Å². The summed E-state index contributed by atoms with van der Waals surface area (Å²) in [5.74, 6) is 0.0272. The van der Waals surface area contributed by atoms with Gasteiger partial charge in [-0.15, -0.1) is 0 Å². The van der Waals surface area contributed by atoms with Crippen LogP contribution >= 0.6 is 0 Å². The highest BCUT2D eigenvalue weighted by atomic mass is 16.2. The van der Waals surface area contributed by atoms with E-state index in [9.17, 15) is 9.59 Å². The van der Waals surface area contributed by atoms with Gasteiger partial charge in [0.15, 0.2) is 0 Å². The van der Waals surface area contributed by atoms with Gasteiger partial charge in [0.05, 0.1) is 6.04 Å². The number of amides is 1. The predicted octanol–water partition coefficient (Wildman–Crippen LogP) is 4.05. The largest absolute Gasteiger partial charge is 0.356 e. The molecular weight excluding hydrogens is 324 g/mol. The average Bonchev–Trinajstić information content (AvgIpc) is 3.07. The molecule has 1 aromatic heterocycles. The van der Waals surface area contributed by atoms with Gasteiger partial charge in [0, 0.05) is 28.7 Å². The van der Waals surface area contributed by atoms with Crippen molar-refractivity contribution in [2.24, 2.45) is 0 Å². The summed E-state index contributed by atoms with van der Waals surface area (Å²) in [5, 5.41) is 1.22. The third-order valence-electron chi connectivity index (χ3n) is 5.01. The first kappa shape index (κ1) is 16.3.